The maximum absolute atomic E-state index is 12.5. The fourth-order valence-corrected chi connectivity index (χ4v) is 3.39. The van der Waals surface area contributed by atoms with Gasteiger partial charge in [0.05, 0.1) is 5.60 Å². The van der Waals surface area contributed by atoms with E-state index in [1.54, 1.807) is 26.8 Å². The molecule has 0 saturated heterocycles. The van der Waals surface area contributed by atoms with Gasteiger partial charge in [0, 0.05) is 25.8 Å². The zero-order valence-corrected chi connectivity index (χ0v) is 13.9. The van der Waals surface area contributed by atoms with E-state index in [1.165, 1.54) is 16.6 Å². The Balaban J connectivity index is 2.95. The van der Waals surface area contributed by atoms with Gasteiger partial charge in [0.25, 0.3) is 0 Å². The predicted octanol–water partition coefficient (Wildman–Crippen LogP) is 1.68. The summed E-state index contributed by atoms with van der Waals surface area (Å²) in [5.41, 5.74) is -1.08. The zero-order chi connectivity index (χ0) is 16.1. The van der Waals surface area contributed by atoms with Gasteiger partial charge >= 0.3 is 0 Å². The van der Waals surface area contributed by atoms with E-state index >= 15 is 0 Å². The molecule has 0 bridgehead atoms. The summed E-state index contributed by atoms with van der Waals surface area (Å²) in [5.74, 6) is 0.654. The van der Waals surface area contributed by atoms with Crippen molar-refractivity contribution < 1.29 is 13.5 Å². The Morgan fingerprint density at radius 2 is 2.00 bits per heavy atom. The average Bonchev–Trinajstić information content (AvgIpc) is 2.41. The minimum Gasteiger partial charge on any atom is -0.389 e. The van der Waals surface area contributed by atoms with Crippen molar-refractivity contribution in [3.8, 4) is 0 Å². The van der Waals surface area contributed by atoms with E-state index in [9.17, 15) is 13.5 Å². The molecule has 0 amide bonds. The van der Waals surface area contributed by atoms with Gasteiger partial charge in [0.15, 0.2) is 0 Å². The Labute approximate surface area is 127 Å². The van der Waals surface area contributed by atoms with Gasteiger partial charge in [-0.05, 0) is 32.4 Å². The molecule has 0 fully saturated rings. The molecule has 2 N–H and O–H groups in total. The first-order chi connectivity index (χ1) is 9.70. The molecular formula is C14H25N3O3S. The van der Waals surface area contributed by atoms with E-state index < -0.39 is 15.6 Å². The van der Waals surface area contributed by atoms with Crippen LogP contribution in [0.3, 0.4) is 0 Å². The van der Waals surface area contributed by atoms with Crippen molar-refractivity contribution in [2.75, 3.05) is 25.0 Å². The molecule has 21 heavy (non-hydrogen) atoms. The quantitative estimate of drug-likeness (QED) is 0.763. The molecule has 0 saturated carbocycles. The van der Waals surface area contributed by atoms with E-state index in [1.807, 2.05) is 6.92 Å². The third-order valence-corrected chi connectivity index (χ3v) is 4.75. The van der Waals surface area contributed by atoms with Gasteiger partial charge in [-0.3, -0.25) is 0 Å². The molecule has 1 rings (SSSR count). The van der Waals surface area contributed by atoms with E-state index in [2.05, 4.69) is 10.3 Å². The number of nitrogens with one attached hydrogen (secondary N) is 1. The lowest BCUT2D eigenvalue weighted by Crippen LogP contribution is -2.42. The summed E-state index contributed by atoms with van der Waals surface area (Å²) in [7, 11) is -3.64. The molecule has 0 atom stereocenters. The Bertz CT molecular complexity index is 536. The number of hydrogen-bond acceptors (Lipinski definition) is 5. The SMILES string of the molecule is CCCNc1ccc(S(=O)(=O)N(CC)CC(C)(C)O)cn1. The van der Waals surface area contributed by atoms with Gasteiger partial charge in [-0.2, -0.15) is 4.31 Å². The predicted molar refractivity (Wildman–Crippen MR) is 83.7 cm³/mol. The van der Waals surface area contributed by atoms with E-state index in [4.69, 9.17) is 0 Å². The lowest BCUT2D eigenvalue weighted by molar-refractivity contribution is 0.0601. The molecule has 0 unspecified atom stereocenters. The number of rotatable bonds is 8. The number of pyridine rings is 1. The second-order valence-corrected chi connectivity index (χ2v) is 7.49. The van der Waals surface area contributed by atoms with E-state index in [-0.39, 0.29) is 11.4 Å². The fourth-order valence-electron chi connectivity index (χ4n) is 1.84. The number of nitrogens with zero attached hydrogens (tertiary/aromatic N) is 2. The highest BCUT2D eigenvalue weighted by atomic mass is 32.2. The summed E-state index contributed by atoms with van der Waals surface area (Å²) in [6.07, 6.45) is 2.32. The Kier molecular flexibility index (Phi) is 6.12. The molecule has 1 heterocycles. The van der Waals surface area contributed by atoms with Gasteiger partial charge in [-0.1, -0.05) is 13.8 Å². The first kappa shape index (κ1) is 17.9. The molecule has 1 aromatic heterocycles. The van der Waals surface area contributed by atoms with Crippen LogP contribution in [0.1, 0.15) is 34.1 Å². The van der Waals surface area contributed by atoms with Crippen molar-refractivity contribution in [3.05, 3.63) is 18.3 Å². The van der Waals surface area contributed by atoms with Crippen molar-refractivity contribution in [3.63, 3.8) is 0 Å². The molecule has 7 heteroatoms. The van der Waals surface area contributed by atoms with E-state index in [0.717, 1.165) is 13.0 Å². The molecule has 0 aliphatic heterocycles. The van der Waals surface area contributed by atoms with Crippen LogP contribution in [0.25, 0.3) is 0 Å². The molecule has 0 aliphatic carbocycles. The first-order valence-electron chi connectivity index (χ1n) is 7.13. The van der Waals surface area contributed by atoms with Gasteiger partial charge < -0.3 is 10.4 Å². The molecule has 120 valence electrons. The third kappa shape index (κ3) is 5.26. The summed E-state index contributed by atoms with van der Waals surface area (Å²) in [6, 6.07) is 3.19. The Morgan fingerprint density at radius 1 is 1.33 bits per heavy atom. The number of aliphatic hydroxyl groups is 1. The minimum absolute atomic E-state index is 0.0433. The standard InChI is InChI=1S/C14H25N3O3S/c1-5-9-15-13-8-7-12(10-16-13)21(19,20)17(6-2)11-14(3,4)18/h7-8,10,18H,5-6,9,11H2,1-4H3,(H,15,16). The first-order valence-corrected chi connectivity index (χ1v) is 8.57. The van der Waals surface area contributed by atoms with Crippen LogP contribution in [-0.4, -0.2) is 48.0 Å². The van der Waals surface area contributed by atoms with E-state index in [0.29, 0.717) is 12.4 Å². The number of sulfonamides is 1. The highest BCUT2D eigenvalue weighted by Gasteiger charge is 2.28. The molecule has 6 nitrogen and oxygen atoms in total. The zero-order valence-electron chi connectivity index (χ0n) is 13.1. The van der Waals surface area contributed by atoms with Crippen molar-refractivity contribution in [1.82, 2.24) is 9.29 Å². The molecule has 0 spiro atoms. The van der Waals surface area contributed by atoms with Gasteiger partial charge in [0.2, 0.25) is 10.0 Å². The third-order valence-electron chi connectivity index (χ3n) is 2.85. The fraction of sp³-hybridized carbons (Fsp3) is 0.643. The highest BCUT2D eigenvalue weighted by molar-refractivity contribution is 7.89. The summed E-state index contributed by atoms with van der Waals surface area (Å²) < 4.78 is 26.3. The molecule has 1 aromatic rings. The van der Waals surface area contributed by atoms with Crippen LogP contribution in [0.2, 0.25) is 0 Å². The van der Waals surface area contributed by atoms with Crippen LogP contribution < -0.4 is 5.32 Å². The molecule has 0 aliphatic rings. The van der Waals surface area contributed by atoms with Crippen LogP contribution >= 0.6 is 0 Å². The Hall–Kier alpha value is -1.18. The number of anilines is 1. The van der Waals surface area contributed by atoms with Crippen LogP contribution in [0.15, 0.2) is 23.2 Å². The lowest BCUT2D eigenvalue weighted by Gasteiger charge is -2.27. The van der Waals surface area contributed by atoms with Gasteiger partial charge in [-0.15, -0.1) is 0 Å². The summed E-state index contributed by atoms with van der Waals surface area (Å²) >= 11 is 0. The highest BCUT2D eigenvalue weighted by Crippen LogP contribution is 2.18. The van der Waals surface area contributed by atoms with Crippen molar-refractivity contribution in [1.29, 1.82) is 0 Å². The molecule has 0 radical (unpaired) electrons. The monoisotopic (exact) mass is 315 g/mol. The van der Waals surface area contributed by atoms with Crippen LogP contribution in [-0.2, 0) is 10.0 Å². The summed E-state index contributed by atoms with van der Waals surface area (Å²) in [5, 5.41) is 12.9. The van der Waals surface area contributed by atoms with Gasteiger partial charge in [-0.25, -0.2) is 13.4 Å². The second kappa shape index (κ2) is 7.20. The minimum atomic E-state index is -3.64. The number of aromatic nitrogens is 1. The molecular weight excluding hydrogens is 290 g/mol. The summed E-state index contributed by atoms with van der Waals surface area (Å²) in [6.45, 7) is 8.08. The molecule has 0 aromatic carbocycles. The second-order valence-electron chi connectivity index (χ2n) is 5.55. The van der Waals surface area contributed by atoms with Crippen LogP contribution in [0.4, 0.5) is 5.82 Å². The largest absolute Gasteiger partial charge is 0.389 e. The van der Waals surface area contributed by atoms with Crippen LogP contribution in [0.5, 0.6) is 0 Å². The smallest absolute Gasteiger partial charge is 0.244 e. The normalized spacial score (nSPS) is 12.7. The Morgan fingerprint density at radius 3 is 2.43 bits per heavy atom. The van der Waals surface area contributed by atoms with Crippen molar-refractivity contribution >= 4 is 15.8 Å². The number of likely N-dealkylation sites (N-methyl/N-ethyl adjacent to an activating group) is 1. The number of hydrogen-bond donors (Lipinski definition) is 2. The van der Waals surface area contributed by atoms with Crippen molar-refractivity contribution in [2.45, 2.75) is 44.6 Å². The topological polar surface area (TPSA) is 82.5 Å². The summed E-state index contributed by atoms with van der Waals surface area (Å²) in [4.78, 5) is 4.25. The maximum Gasteiger partial charge on any atom is 0.244 e. The van der Waals surface area contributed by atoms with Crippen LogP contribution in [0, 0.1) is 0 Å². The van der Waals surface area contributed by atoms with Crippen molar-refractivity contribution in [2.24, 2.45) is 0 Å². The maximum atomic E-state index is 12.5. The lowest BCUT2D eigenvalue weighted by atomic mass is 10.1. The average molecular weight is 315 g/mol. The van der Waals surface area contributed by atoms with Gasteiger partial charge in [0.1, 0.15) is 10.7 Å².